The highest BCUT2D eigenvalue weighted by Gasteiger charge is 2.18. The van der Waals surface area contributed by atoms with Gasteiger partial charge in [0.1, 0.15) is 12.4 Å². The third-order valence-corrected chi connectivity index (χ3v) is 2.22. The van der Waals surface area contributed by atoms with Gasteiger partial charge in [-0.05, 0) is 23.1 Å². The standard InChI is InChI=1S/C14H15NO/c1-6-9-16-11-7-8-12(14(2,3)4)13(10-11)15-5/h1,7-8,10H,9H2,2-4H3. The zero-order valence-corrected chi connectivity index (χ0v) is 9.87. The highest BCUT2D eigenvalue weighted by atomic mass is 16.5. The number of ether oxygens (including phenoxy) is 1. The second kappa shape index (κ2) is 4.73. The lowest BCUT2D eigenvalue weighted by Gasteiger charge is -2.21. The minimum Gasteiger partial charge on any atom is -0.482 e. The van der Waals surface area contributed by atoms with Crippen LogP contribution in [-0.2, 0) is 5.41 Å². The predicted molar refractivity (Wildman–Crippen MR) is 65.7 cm³/mol. The first-order valence-corrected chi connectivity index (χ1v) is 5.07. The third kappa shape index (κ3) is 2.78. The molecular formula is C14H15NO. The summed E-state index contributed by atoms with van der Waals surface area (Å²) in [6.07, 6.45) is 5.11. The Morgan fingerprint density at radius 1 is 1.44 bits per heavy atom. The number of terminal acetylenes is 1. The zero-order chi connectivity index (χ0) is 12.2. The second-order valence-electron chi connectivity index (χ2n) is 4.53. The van der Waals surface area contributed by atoms with Crippen molar-refractivity contribution in [2.45, 2.75) is 26.2 Å². The summed E-state index contributed by atoms with van der Waals surface area (Å²) in [5.74, 6) is 3.05. The van der Waals surface area contributed by atoms with Crippen LogP contribution in [0.1, 0.15) is 26.3 Å². The van der Waals surface area contributed by atoms with Crippen LogP contribution in [0.2, 0.25) is 0 Å². The maximum atomic E-state index is 7.17. The van der Waals surface area contributed by atoms with Crippen molar-refractivity contribution in [1.82, 2.24) is 0 Å². The van der Waals surface area contributed by atoms with Crippen molar-refractivity contribution < 1.29 is 4.74 Å². The van der Waals surface area contributed by atoms with E-state index in [1.807, 2.05) is 12.1 Å². The molecule has 0 radical (unpaired) electrons. The fourth-order valence-electron chi connectivity index (χ4n) is 1.45. The van der Waals surface area contributed by atoms with Gasteiger partial charge < -0.3 is 4.74 Å². The van der Waals surface area contributed by atoms with Gasteiger partial charge in [0.05, 0.1) is 6.57 Å². The van der Waals surface area contributed by atoms with Gasteiger partial charge in [0.2, 0.25) is 0 Å². The largest absolute Gasteiger partial charge is 0.482 e. The van der Waals surface area contributed by atoms with Crippen LogP contribution in [0.15, 0.2) is 18.2 Å². The molecule has 0 unspecified atom stereocenters. The van der Waals surface area contributed by atoms with Crippen molar-refractivity contribution in [3.8, 4) is 18.1 Å². The van der Waals surface area contributed by atoms with E-state index in [-0.39, 0.29) is 12.0 Å². The van der Waals surface area contributed by atoms with Gasteiger partial charge in [-0.25, -0.2) is 4.85 Å². The Morgan fingerprint density at radius 3 is 2.62 bits per heavy atom. The molecule has 0 atom stereocenters. The first-order valence-electron chi connectivity index (χ1n) is 5.07. The summed E-state index contributed by atoms with van der Waals surface area (Å²) in [7, 11) is 0. The van der Waals surface area contributed by atoms with Crippen molar-refractivity contribution in [2.75, 3.05) is 6.61 Å². The monoisotopic (exact) mass is 213 g/mol. The van der Waals surface area contributed by atoms with E-state index in [9.17, 15) is 0 Å². The molecule has 0 amide bonds. The summed E-state index contributed by atoms with van der Waals surface area (Å²) in [6, 6.07) is 5.52. The van der Waals surface area contributed by atoms with Gasteiger partial charge in [0.25, 0.3) is 0 Å². The van der Waals surface area contributed by atoms with E-state index < -0.39 is 0 Å². The molecule has 2 nitrogen and oxygen atoms in total. The number of rotatable bonds is 2. The van der Waals surface area contributed by atoms with Crippen LogP contribution in [0.3, 0.4) is 0 Å². The first kappa shape index (κ1) is 12.1. The lowest BCUT2D eigenvalue weighted by molar-refractivity contribution is 0.370. The molecule has 1 aromatic rings. The van der Waals surface area contributed by atoms with Crippen LogP contribution in [0.5, 0.6) is 5.75 Å². The molecule has 0 bridgehead atoms. The van der Waals surface area contributed by atoms with Gasteiger partial charge in [-0.1, -0.05) is 32.8 Å². The lowest BCUT2D eigenvalue weighted by Crippen LogP contribution is -2.11. The molecule has 0 spiro atoms. The first-order chi connectivity index (χ1) is 7.49. The average Bonchev–Trinajstić information content (AvgIpc) is 2.24. The fourth-order valence-corrected chi connectivity index (χ4v) is 1.45. The lowest BCUT2D eigenvalue weighted by atomic mass is 9.86. The van der Waals surface area contributed by atoms with Crippen LogP contribution >= 0.6 is 0 Å². The normalized spacial score (nSPS) is 10.3. The molecule has 0 aromatic heterocycles. The van der Waals surface area contributed by atoms with E-state index in [1.54, 1.807) is 6.07 Å². The Hall–Kier alpha value is -1.93. The highest BCUT2D eigenvalue weighted by molar-refractivity contribution is 5.58. The van der Waals surface area contributed by atoms with Crippen molar-refractivity contribution in [3.63, 3.8) is 0 Å². The number of hydrogen-bond acceptors (Lipinski definition) is 1. The number of hydrogen-bond donors (Lipinski definition) is 0. The van der Waals surface area contributed by atoms with Crippen LogP contribution in [0.25, 0.3) is 4.85 Å². The minimum atomic E-state index is -0.0372. The van der Waals surface area contributed by atoms with Crippen molar-refractivity contribution in [1.29, 1.82) is 0 Å². The molecule has 0 aliphatic carbocycles. The van der Waals surface area contributed by atoms with E-state index >= 15 is 0 Å². The fraction of sp³-hybridized carbons (Fsp3) is 0.357. The van der Waals surface area contributed by atoms with Crippen LogP contribution in [0, 0.1) is 18.9 Å². The second-order valence-corrected chi connectivity index (χ2v) is 4.53. The predicted octanol–water partition coefficient (Wildman–Crippen LogP) is 3.55. The maximum absolute atomic E-state index is 7.17. The maximum Gasteiger partial charge on any atom is 0.194 e. The Kier molecular flexibility index (Phi) is 3.59. The smallest absolute Gasteiger partial charge is 0.194 e. The molecule has 2 heteroatoms. The molecule has 0 aliphatic heterocycles. The van der Waals surface area contributed by atoms with E-state index in [4.69, 9.17) is 17.7 Å². The average molecular weight is 213 g/mol. The summed E-state index contributed by atoms with van der Waals surface area (Å²) in [4.78, 5) is 3.52. The van der Waals surface area contributed by atoms with Gasteiger partial charge in [0, 0.05) is 0 Å². The van der Waals surface area contributed by atoms with Crippen molar-refractivity contribution >= 4 is 5.69 Å². The molecule has 0 saturated carbocycles. The quantitative estimate of drug-likeness (QED) is 0.541. The van der Waals surface area contributed by atoms with Gasteiger partial charge in [-0.2, -0.15) is 0 Å². The molecule has 0 heterocycles. The SMILES string of the molecule is [C-]#[N+]c1cc(OCC#C)ccc1C(C)(C)C. The molecule has 82 valence electrons. The molecule has 0 aliphatic rings. The summed E-state index contributed by atoms with van der Waals surface area (Å²) in [5.41, 5.74) is 1.61. The van der Waals surface area contributed by atoms with Gasteiger partial charge >= 0.3 is 0 Å². The molecule has 1 aromatic carbocycles. The number of benzene rings is 1. The van der Waals surface area contributed by atoms with Crippen LogP contribution < -0.4 is 4.74 Å². The molecular weight excluding hydrogens is 198 g/mol. The summed E-state index contributed by atoms with van der Waals surface area (Å²) in [5, 5.41) is 0. The van der Waals surface area contributed by atoms with Crippen LogP contribution in [-0.4, -0.2) is 6.61 Å². The summed E-state index contributed by atoms with van der Waals surface area (Å²) >= 11 is 0. The van der Waals surface area contributed by atoms with Gasteiger partial charge in [-0.15, -0.1) is 6.42 Å². The Balaban J connectivity index is 3.10. The Labute approximate surface area is 97.1 Å². The van der Waals surface area contributed by atoms with E-state index in [0.717, 1.165) is 5.56 Å². The summed E-state index contributed by atoms with van der Waals surface area (Å²) in [6.45, 7) is 13.6. The minimum absolute atomic E-state index is 0.0372. The Morgan fingerprint density at radius 2 is 2.12 bits per heavy atom. The highest BCUT2D eigenvalue weighted by Crippen LogP contribution is 2.34. The summed E-state index contributed by atoms with van der Waals surface area (Å²) < 4.78 is 5.29. The molecule has 0 N–H and O–H groups in total. The topological polar surface area (TPSA) is 13.6 Å². The van der Waals surface area contributed by atoms with E-state index in [2.05, 4.69) is 31.5 Å². The molecule has 1 rings (SSSR count). The van der Waals surface area contributed by atoms with Crippen LogP contribution in [0.4, 0.5) is 5.69 Å². The molecule has 0 saturated heterocycles. The molecule has 0 fully saturated rings. The third-order valence-electron chi connectivity index (χ3n) is 2.22. The van der Waals surface area contributed by atoms with Crippen molar-refractivity contribution in [2.24, 2.45) is 0 Å². The number of nitrogens with zero attached hydrogens (tertiary/aromatic N) is 1. The zero-order valence-electron chi connectivity index (χ0n) is 9.87. The van der Waals surface area contributed by atoms with Gasteiger partial charge in [-0.3, -0.25) is 0 Å². The van der Waals surface area contributed by atoms with E-state index in [0.29, 0.717) is 11.4 Å². The van der Waals surface area contributed by atoms with E-state index in [1.165, 1.54) is 0 Å². The molecule has 16 heavy (non-hydrogen) atoms. The van der Waals surface area contributed by atoms with Gasteiger partial charge in [0.15, 0.2) is 5.69 Å². The van der Waals surface area contributed by atoms with Crippen molar-refractivity contribution in [3.05, 3.63) is 35.2 Å². The Bertz CT molecular complexity index is 455.